The molecule has 5 nitrogen and oxygen atoms in total. The van der Waals surface area contributed by atoms with Crippen molar-refractivity contribution in [3.63, 3.8) is 0 Å². The van der Waals surface area contributed by atoms with Crippen LogP contribution in [0, 0.1) is 6.92 Å². The number of allylic oxidation sites excluding steroid dienone is 2. The molecule has 0 bridgehead atoms. The van der Waals surface area contributed by atoms with Crippen molar-refractivity contribution in [3.8, 4) is 5.75 Å². The molecule has 23 heavy (non-hydrogen) atoms. The van der Waals surface area contributed by atoms with Gasteiger partial charge in [0.2, 0.25) is 11.8 Å². The molecule has 1 aromatic rings. The minimum Gasteiger partial charge on any atom is -0.438 e. The topological polar surface area (TPSA) is 53.9 Å². The molecule has 0 saturated heterocycles. The lowest BCUT2D eigenvalue weighted by molar-refractivity contribution is -0.120. The van der Waals surface area contributed by atoms with Crippen molar-refractivity contribution in [2.45, 2.75) is 27.2 Å². The van der Waals surface area contributed by atoms with E-state index in [2.05, 4.69) is 17.0 Å². The van der Waals surface area contributed by atoms with Gasteiger partial charge in [-0.25, -0.2) is 5.01 Å². The van der Waals surface area contributed by atoms with Crippen LogP contribution >= 0.6 is 0 Å². The number of nitrogens with zero attached hydrogens (tertiary/aromatic N) is 2. The van der Waals surface area contributed by atoms with Crippen LogP contribution in [-0.2, 0) is 4.79 Å². The average Bonchev–Trinajstić information content (AvgIpc) is 2.50. The van der Waals surface area contributed by atoms with E-state index in [1.807, 2.05) is 37.3 Å². The molecular formula is C18H21N3O2. The van der Waals surface area contributed by atoms with Crippen LogP contribution in [0.4, 0.5) is 0 Å². The molecule has 0 unspecified atom stereocenters. The molecule has 1 aliphatic rings. The van der Waals surface area contributed by atoms with Gasteiger partial charge in [0.05, 0.1) is 5.70 Å². The average molecular weight is 311 g/mol. The third-order valence-electron chi connectivity index (χ3n) is 3.10. The zero-order valence-electron chi connectivity index (χ0n) is 13.7. The van der Waals surface area contributed by atoms with Crippen molar-refractivity contribution in [2.75, 3.05) is 0 Å². The second-order valence-electron chi connectivity index (χ2n) is 5.24. The molecule has 1 heterocycles. The van der Waals surface area contributed by atoms with Crippen molar-refractivity contribution >= 4 is 11.8 Å². The SMILES string of the molecule is C=C1C=CC(Oc2cccc(C)c2)=NN1/C=C(\C)NC(=O)CC. The lowest BCUT2D eigenvalue weighted by Gasteiger charge is -2.20. The monoisotopic (exact) mass is 311 g/mol. The highest BCUT2D eigenvalue weighted by Gasteiger charge is 2.11. The van der Waals surface area contributed by atoms with Crippen molar-refractivity contribution in [1.82, 2.24) is 10.3 Å². The molecule has 0 atom stereocenters. The zero-order valence-corrected chi connectivity index (χ0v) is 13.7. The zero-order chi connectivity index (χ0) is 16.8. The normalized spacial score (nSPS) is 14.6. The number of aryl methyl sites for hydroxylation is 1. The quantitative estimate of drug-likeness (QED) is 0.926. The summed E-state index contributed by atoms with van der Waals surface area (Å²) >= 11 is 0. The van der Waals surface area contributed by atoms with Gasteiger partial charge in [-0.3, -0.25) is 4.79 Å². The summed E-state index contributed by atoms with van der Waals surface area (Å²) < 4.78 is 5.76. The first-order valence-electron chi connectivity index (χ1n) is 7.45. The summed E-state index contributed by atoms with van der Waals surface area (Å²) in [5.74, 6) is 1.13. The van der Waals surface area contributed by atoms with Gasteiger partial charge in [0, 0.05) is 24.4 Å². The molecule has 0 fully saturated rings. The van der Waals surface area contributed by atoms with Crippen molar-refractivity contribution in [2.24, 2.45) is 5.10 Å². The van der Waals surface area contributed by atoms with Gasteiger partial charge in [-0.2, -0.15) is 0 Å². The molecule has 0 radical (unpaired) electrons. The van der Waals surface area contributed by atoms with E-state index in [1.54, 1.807) is 31.1 Å². The fourth-order valence-electron chi connectivity index (χ4n) is 1.94. The van der Waals surface area contributed by atoms with Gasteiger partial charge in [-0.05, 0) is 37.6 Å². The number of amides is 1. The van der Waals surface area contributed by atoms with Gasteiger partial charge in [0.15, 0.2) is 0 Å². The van der Waals surface area contributed by atoms with Crippen LogP contribution in [0.3, 0.4) is 0 Å². The maximum atomic E-state index is 11.4. The summed E-state index contributed by atoms with van der Waals surface area (Å²) in [5, 5.41) is 8.73. The lowest BCUT2D eigenvalue weighted by atomic mass is 10.2. The minimum absolute atomic E-state index is 0.0443. The predicted octanol–water partition coefficient (Wildman–Crippen LogP) is 3.46. The Morgan fingerprint density at radius 3 is 2.91 bits per heavy atom. The highest BCUT2D eigenvalue weighted by Crippen LogP contribution is 2.17. The van der Waals surface area contributed by atoms with E-state index in [1.165, 1.54) is 0 Å². The van der Waals surface area contributed by atoms with E-state index >= 15 is 0 Å². The minimum atomic E-state index is -0.0443. The second-order valence-corrected chi connectivity index (χ2v) is 5.24. The summed E-state index contributed by atoms with van der Waals surface area (Å²) in [4.78, 5) is 11.4. The second kappa shape index (κ2) is 7.45. The third-order valence-corrected chi connectivity index (χ3v) is 3.10. The van der Waals surface area contributed by atoms with Gasteiger partial charge >= 0.3 is 0 Å². The molecule has 5 heteroatoms. The van der Waals surface area contributed by atoms with E-state index in [-0.39, 0.29) is 5.91 Å². The molecule has 1 N–H and O–H groups in total. The number of carbonyl (C=O) groups excluding carboxylic acids is 1. The Morgan fingerprint density at radius 2 is 2.22 bits per heavy atom. The standard InChI is InChI=1S/C18H21N3O2/c1-5-17(22)19-14(3)12-21-15(4)9-10-18(20-21)23-16-8-6-7-13(2)11-16/h6-12H,4-5H2,1-3H3,(H,19,22)/b14-12+. The number of hydrogen-bond donors (Lipinski definition) is 1. The highest BCUT2D eigenvalue weighted by molar-refractivity contribution is 5.90. The van der Waals surface area contributed by atoms with Crippen LogP contribution in [0.2, 0.25) is 0 Å². The molecule has 1 aromatic carbocycles. The van der Waals surface area contributed by atoms with Crippen LogP contribution in [0.15, 0.2) is 65.7 Å². The Balaban J connectivity index is 2.13. The van der Waals surface area contributed by atoms with Crippen LogP contribution in [0.25, 0.3) is 0 Å². The largest absolute Gasteiger partial charge is 0.438 e. The van der Waals surface area contributed by atoms with Gasteiger partial charge < -0.3 is 10.1 Å². The van der Waals surface area contributed by atoms with Gasteiger partial charge in [-0.15, -0.1) is 5.10 Å². The van der Waals surface area contributed by atoms with Crippen LogP contribution < -0.4 is 10.1 Å². The number of benzene rings is 1. The Hall–Kier alpha value is -2.82. The molecule has 120 valence electrons. The van der Waals surface area contributed by atoms with Gasteiger partial charge in [0.25, 0.3) is 0 Å². The fraction of sp³-hybridized carbons (Fsp3) is 0.222. The first kappa shape index (κ1) is 16.5. The maximum absolute atomic E-state index is 11.4. The highest BCUT2D eigenvalue weighted by atomic mass is 16.5. The Morgan fingerprint density at radius 1 is 1.43 bits per heavy atom. The molecular weight excluding hydrogens is 290 g/mol. The molecule has 0 spiro atoms. The molecule has 0 aliphatic carbocycles. The Labute approximate surface area is 136 Å². The van der Waals surface area contributed by atoms with Gasteiger partial charge in [-0.1, -0.05) is 25.6 Å². The number of hydrazone groups is 1. The van der Waals surface area contributed by atoms with E-state index in [0.717, 1.165) is 11.3 Å². The van der Waals surface area contributed by atoms with Gasteiger partial charge in [0.1, 0.15) is 5.75 Å². The van der Waals surface area contributed by atoms with Crippen molar-refractivity contribution in [1.29, 1.82) is 0 Å². The summed E-state index contributed by atoms with van der Waals surface area (Å²) in [6, 6.07) is 7.74. The number of ether oxygens (including phenoxy) is 1. The molecule has 1 amide bonds. The summed E-state index contributed by atoms with van der Waals surface area (Å²) in [6.45, 7) is 9.53. The predicted molar refractivity (Wildman–Crippen MR) is 91.6 cm³/mol. The summed E-state index contributed by atoms with van der Waals surface area (Å²) in [7, 11) is 0. The summed E-state index contributed by atoms with van der Waals surface area (Å²) in [6.07, 6.45) is 5.70. The lowest BCUT2D eigenvalue weighted by Crippen LogP contribution is -2.24. The maximum Gasteiger partial charge on any atom is 0.237 e. The smallest absolute Gasteiger partial charge is 0.237 e. The third kappa shape index (κ3) is 4.85. The number of carbonyl (C=O) groups is 1. The molecule has 0 aromatic heterocycles. The number of hydrogen-bond acceptors (Lipinski definition) is 4. The fourth-order valence-corrected chi connectivity index (χ4v) is 1.94. The van der Waals surface area contributed by atoms with Crippen LogP contribution in [0.1, 0.15) is 25.8 Å². The van der Waals surface area contributed by atoms with Crippen molar-refractivity contribution in [3.05, 3.63) is 66.2 Å². The van der Waals surface area contributed by atoms with E-state index in [9.17, 15) is 4.79 Å². The van der Waals surface area contributed by atoms with E-state index < -0.39 is 0 Å². The number of nitrogens with one attached hydrogen (secondary N) is 1. The Kier molecular flexibility index (Phi) is 5.36. The van der Waals surface area contributed by atoms with E-state index in [4.69, 9.17) is 4.74 Å². The first-order chi connectivity index (χ1) is 11.0. The van der Waals surface area contributed by atoms with E-state index in [0.29, 0.717) is 23.7 Å². The molecule has 2 rings (SSSR count). The number of rotatable bonds is 4. The molecule has 0 saturated carbocycles. The summed E-state index contributed by atoms with van der Waals surface area (Å²) in [5.41, 5.74) is 2.49. The van der Waals surface area contributed by atoms with Crippen molar-refractivity contribution < 1.29 is 9.53 Å². The first-order valence-corrected chi connectivity index (χ1v) is 7.45. The molecule has 1 aliphatic heterocycles. The Bertz CT molecular complexity index is 702. The van der Waals surface area contributed by atoms with Crippen LogP contribution in [0.5, 0.6) is 5.75 Å². The van der Waals surface area contributed by atoms with Crippen LogP contribution in [-0.4, -0.2) is 16.8 Å².